The number of hydrogen-bond donors (Lipinski definition) is 1. The minimum Gasteiger partial charge on any atom is -0.493 e. The van der Waals surface area contributed by atoms with Gasteiger partial charge in [0.1, 0.15) is 13.2 Å². The summed E-state index contributed by atoms with van der Waals surface area (Å²) in [7, 11) is 3.05. The van der Waals surface area contributed by atoms with Crippen LogP contribution in [0.3, 0.4) is 0 Å². The Labute approximate surface area is 178 Å². The van der Waals surface area contributed by atoms with Crippen LogP contribution in [0.1, 0.15) is 25.0 Å². The highest BCUT2D eigenvalue weighted by molar-refractivity contribution is 6.01. The number of aromatic nitrogens is 1. The molecule has 3 aromatic rings. The maximum atomic E-state index is 12.7. The van der Waals surface area contributed by atoms with Crippen molar-refractivity contribution in [3.05, 3.63) is 58.0 Å². The summed E-state index contributed by atoms with van der Waals surface area (Å²) < 4.78 is 21.4. The molecule has 8 nitrogen and oxygen atoms in total. The lowest BCUT2D eigenvalue weighted by Gasteiger charge is -2.19. The lowest BCUT2D eigenvalue weighted by atomic mass is 9.90. The predicted molar refractivity (Wildman–Crippen MR) is 114 cm³/mol. The van der Waals surface area contributed by atoms with Crippen LogP contribution in [0.15, 0.2) is 41.3 Å². The van der Waals surface area contributed by atoms with Gasteiger partial charge in [-0.15, -0.1) is 0 Å². The number of nitrogens with one attached hydrogen (secondary N) is 1. The largest absolute Gasteiger partial charge is 0.493 e. The van der Waals surface area contributed by atoms with Gasteiger partial charge in [-0.1, -0.05) is 0 Å². The summed E-state index contributed by atoms with van der Waals surface area (Å²) in [6, 6.07) is 8.75. The fourth-order valence-electron chi connectivity index (χ4n) is 3.40. The number of ether oxygens (including phenoxy) is 4. The molecule has 0 spiro atoms. The van der Waals surface area contributed by atoms with E-state index in [4.69, 9.17) is 18.9 Å². The number of methoxy groups -OCH3 is 2. The first-order valence-electron chi connectivity index (χ1n) is 9.51. The van der Waals surface area contributed by atoms with Crippen LogP contribution in [-0.2, 0) is 32.3 Å². The van der Waals surface area contributed by atoms with E-state index in [1.807, 2.05) is 6.07 Å². The van der Waals surface area contributed by atoms with Crippen molar-refractivity contribution in [1.82, 2.24) is 4.98 Å². The Morgan fingerprint density at radius 1 is 0.935 bits per heavy atom. The highest BCUT2D eigenvalue weighted by atomic mass is 16.5. The molecule has 0 saturated carbocycles. The first kappa shape index (κ1) is 21.9. The van der Waals surface area contributed by atoms with Gasteiger partial charge < -0.3 is 23.9 Å². The third-order valence-corrected chi connectivity index (χ3v) is 4.78. The molecule has 3 rings (SSSR count). The van der Waals surface area contributed by atoms with E-state index >= 15 is 0 Å². The first-order chi connectivity index (χ1) is 14.8. The SMILES string of the molecule is COc1cc2cc(COC(C)=O)c(COC(C)=O)c(-c3ccc[nH]c3=O)c2cc1OC. The summed E-state index contributed by atoms with van der Waals surface area (Å²) >= 11 is 0. The molecule has 0 unspecified atom stereocenters. The van der Waals surface area contributed by atoms with Gasteiger partial charge in [0.15, 0.2) is 11.5 Å². The molecule has 1 heterocycles. The van der Waals surface area contributed by atoms with E-state index in [2.05, 4.69) is 4.98 Å². The van der Waals surface area contributed by atoms with E-state index in [1.54, 1.807) is 24.3 Å². The summed E-state index contributed by atoms with van der Waals surface area (Å²) in [6.45, 7) is 2.47. The van der Waals surface area contributed by atoms with Gasteiger partial charge in [-0.2, -0.15) is 0 Å². The number of carbonyl (C=O) groups excluding carboxylic acids is 2. The second-order valence-electron chi connectivity index (χ2n) is 6.79. The number of H-pyrrole nitrogens is 1. The van der Waals surface area contributed by atoms with Crippen molar-refractivity contribution in [2.45, 2.75) is 27.1 Å². The van der Waals surface area contributed by atoms with Crippen molar-refractivity contribution in [1.29, 1.82) is 0 Å². The number of fused-ring (bicyclic) bond motifs is 1. The molecule has 0 radical (unpaired) electrons. The fourth-order valence-corrected chi connectivity index (χ4v) is 3.40. The van der Waals surface area contributed by atoms with E-state index in [-0.39, 0.29) is 18.8 Å². The highest BCUT2D eigenvalue weighted by Gasteiger charge is 2.21. The van der Waals surface area contributed by atoms with Crippen LogP contribution in [0, 0.1) is 0 Å². The molecule has 0 amide bonds. The smallest absolute Gasteiger partial charge is 0.302 e. The van der Waals surface area contributed by atoms with Gasteiger partial charge in [-0.25, -0.2) is 0 Å². The van der Waals surface area contributed by atoms with Gasteiger partial charge in [0.2, 0.25) is 0 Å². The molecule has 0 fully saturated rings. The van der Waals surface area contributed by atoms with Crippen molar-refractivity contribution in [2.75, 3.05) is 14.2 Å². The summed E-state index contributed by atoms with van der Waals surface area (Å²) in [5.41, 5.74) is 1.80. The lowest BCUT2D eigenvalue weighted by Crippen LogP contribution is -2.12. The van der Waals surface area contributed by atoms with Crippen molar-refractivity contribution in [2.24, 2.45) is 0 Å². The van der Waals surface area contributed by atoms with Crippen molar-refractivity contribution in [3.63, 3.8) is 0 Å². The van der Waals surface area contributed by atoms with E-state index in [1.165, 1.54) is 34.3 Å². The first-order valence-corrected chi connectivity index (χ1v) is 9.51. The third kappa shape index (κ3) is 4.69. The summed E-state index contributed by atoms with van der Waals surface area (Å²) in [5.74, 6) is 0.0626. The quantitative estimate of drug-likeness (QED) is 0.579. The Bertz CT molecular complexity index is 1200. The van der Waals surface area contributed by atoms with Gasteiger partial charge in [-0.05, 0) is 46.7 Å². The van der Waals surface area contributed by atoms with Gasteiger partial charge in [0.25, 0.3) is 5.56 Å². The molecule has 0 aliphatic rings. The number of carbonyl (C=O) groups is 2. The van der Waals surface area contributed by atoms with Crippen LogP contribution in [0.2, 0.25) is 0 Å². The molecule has 0 atom stereocenters. The van der Waals surface area contributed by atoms with Gasteiger partial charge >= 0.3 is 11.9 Å². The fraction of sp³-hybridized carbons (Fsp3) is 0.261. The van der Waals surface area contributed by atoms with Crippen molar-refractivity contribution < 1.29 is 28.5 Å². The molecule has 0 saturated heterocycles. The minimum absolute atomic E-state index is 0.0477. The summed E-state index contributed by atoms with van der Waals surface area (Å²) in [4.78, 5) is 38.4. The van der Waals surface area contributed by atoms with Gasteiger partial charge in [0.05, 0.1) is 14.2 Å². The predicted octanol–water partition coefficient (Wildman–Crippen LogP) is 3.34. The monoisotopic (exact) mass is 425 g/mol. The van der Waals surface area contributed by atoms with E-state index in [0.29, 0.717) is 39.1 Å². The Hall–Kier alpha value is -3.81. The van der Waals surface area contributed by atoms with E-state index in [9.17, 15) is 14.4 Å². The zero-order valence-corrected chi connectivity index (χ0v) is 17.7. The molecule has 8 heteroatoms. The van der Waals surface area contributed by atoms with E-state index < -0.39 is 11.9 Å². The standard InChI is InChI=1S/C23H23NO7/c1-13(25)30-11-16-8-15-9-20(28-3)21(29-4)10-18(15)22(19(16)12-31-14(2)26)17-6-5-7-24-23(17)27/h5-10H,11-12H2,1-4H3,(H,24,27). The molecule has 0 aliphatic heterocycles. The molecular weight excluding hydrogens is 402 g/mol. The van der Waals surface area contributed by atoms with Crippen LogP contribution in [0.25, 0.3) is 21.9 Å². The lowest BCUT2D eigenvalue weighted by molar-refractivity contribution is -0.143. The zero-order chi connectivity index (χ0) is 22.5. The topological polar surface area (TPSA) is 104 Å². The van der Waals surface area contributed by atoms with Crippen molar-refractivity contribution >= 4 is 22.7 Å². The van der Waals surface area contributed by atoms with E-state index in [0.717, 1.165) is 5.39 Å². The Kier molecular flexibility index (Phi) is 6.59. The van der Waals surface area contributed by atoms with Crippen LogP contribution >= 0.6 is 0 Å². The number of aromatic amines is 1. The van der Waals surface area contributed by atoms with Crippen LogP contribution in [0.4, 0.5) is 0 Å². The third-order valence-electron chi connectivity index (χ3n) is 4.78. The van der Waals surface area contributed by atoms with Gasteiger partial charge in [0, 0.05) is 36.7 Å². The zero-order valence-electron chi connectivity index (χ0n) is 17.7. The Morgan fingerprint density at radius 2 is 1.58 bits per heavy atom. The van der Waals surface area contributed by atoms with Gasteiger partial charge in [-0.3, -0.25) is 14.4 Å². The molecule has 1 N–H and O–H groups in total. The molecule has 1 aromatic heterocycles. The second kappa shape index (κ2) is 9.34. The highest BCUT2D eigenvalue weighted by Crippen LogP contribution is 2.40. The Balaban J connectivity index is 2.41. The van der Waals surface area contributed by atoms with Crippen molar-refractivity contribution in [3.8, 4) is 22.6 Å². The number of esters is 2. The maximum absolute atomic E-state index is 12.7. The summed E-state index contributed by atoms with van der Waals surface area (Å²) in [5, 5.41) is 1.44. The second-order valence-corrected chi connectivity index (χ2v) is 6.79. The normalized spacial score (nSPS) is 10.6. The molecule has 31 heavy (non-hydrogen) atoms. The van der Waals surface area contributed by atoms with Crippen LogP contribution in [0.5, 0.6) is 11.5 Å². The molecular formula is C23H23NO7. The van der Waals surface area contributed by atoms with Crippen LogP contribution in [-0.4, -0.2) is 31.1 Å². The summed E-state index contributed by atoms with van der Waals surface area (Å²) in [6.07, 6.45) is 1.53. The molecule has 0 aliphatic carbocycles. The number of pyridine rings is 1. The number of benzene rings is 2. The maximum Gasteiger partial charge on any atom is 0.302 e. The molecule has 162 valence electrons. The average molecular weight is 425 g/mol. The molecule has 2 aromatic carbocycles. The minimum atomic E-state index is -0.473. The number of rotatable bonds is 7. The molecule has 0 bridgehead atoms. The Morgan fingerprint density at radius 3 is 2.19 bits per heavy atom. The van der Waals surface area contributed by atoms with Crippen LogP contribution < -0.4 is 15.0 Å². The average Bonchev–Trinajstić information content (AvgIpc) is 2.75. The number of hydrogen-bond acceptors (Lipinski definition) is 7.